The van der Waals surface area contributed by atoms with E-state index in [9.17, 15) is 9.59 Å². The van der Waals surface area contributed by atoms with Gasteiger partial charge in [0.2, 0.25) is 5.78 Å². The molecule has 1 spiro atoms. The van der Waals surface area contributed by atoms with Crippen LogP contribution in [0.4, 0.5) is 17.1 Å². The maximum absolute atomic E-state index is 13.3. The van der Waals surface area contributed by atoms with Crippen LogP contribution in [0.25, 0.3) is 0 Å². The lowest BCUT2D eigenvalue weighted by atomic mass is 9.77. The van der Waals surface area contributed by atoms with Gasteiger partial charge in [0, 0.05) is 35.8 Å². The zero-order valence-corrected chi connectivity index (χ0v) is 24.8. The van der Waals surface area contributed by atoms with Gasteiger partial charge in [-0.15, -0.1) is 0 Å². The zero-order chi connectivity index (χ0) is 29.9. The van der Waals surface area contributed by atoms with Crippen molar-refractivity contribution in [2.75, 3.05) is 29.9 Å². The Balaban J connectivity index is 1.40. The van der Waals surface area contributed by atoms with Crippen LogP contribution < -0.4 is 19.7 Å². The quantitative estimate of drug-likeness (QED) is 0.180. The van der Waals surface area contributed by atoms with Gasteiger partial charge in [-0.2, -0.15) is 0 Å². The summed E-state index contributed by atoms with van der Waals surface area (Å²) in [6.07, 6.45) is 0.908. The van der Waals surface area contributed by atoms with E-state index in [1.165, 1.54) is 0 Å². The highest BCUT2D eigenvalue weighted by molar-refractivity contribution is 6.25. The Hall–Kier alpha value is -4.78. The number of para-hydroxylation sites is 1. The lowest BCUT2D eigenvalue weighted by molar-refractivity contribution is 0.0224. The summed E-state index contributed by atoms with van der Waals surface area (Å²) in [5, 5.41) is 3.58. The van der Waals surface area contributed by atoms with Crippen LogP contribution in [0, 0.1) is 5.92 Å². The van der Waals surface area contributed by atoms with Crippen molar-refractivity contribution >= 4 is 28.8 Å². The van der Waals surface area contributed by atoms with Gasteiger partial charge < -0.3 is 24.4 Å². The molecule has 0 amide bonds. The van der Waals surface area contributed by atoms with Gasteiger partial charge in [-0.05, 0) is 56.5 Å². The molecule has 4 aromatic carbocycles. The third-order valence-corrected chi connectivity index (χ3v) is 8.68. The molecule has 0 radical (unpaired) electrons. The molecule has 43 heavy (non-hydrogen) atoms. The fraction of sp³-hybridized carbons (Fsp3) is 0.278. The van der Waals surface area contributed by atoms with Gasteiger partial charge in [0.15, 0.2) is 5.60 Å². The standard InChI is InChI=1S/C36H34N2O5/c1-5-38(6-2)29-20-31-26(19-28(29)37-27-16-15-23-33(39)32(27)34(23)41-18-17-21(3)4)36(25-13-9-10-14-30(25)42-31)24-12-8-7-11-22(24)35(40)43-36/h7-16,19-21,37H,5-6,17-18H2,1-4H3. The van der Waals surface area contributed by atoms with Gasteiger partial charge in [-0.1, -0.05) is 50.2 Å². The topological polar surface area (TPSA) is 77.1 Å². The van der Waals surface area contributed by atoms with Gasteiger partial charge in [-0.25, -0.2) is 4.79 Å². The Kier molecular flexibility index (Phi) is 6.42. The number of benzene rings is 4. The average Bonchev–Trinajstić information content (AvgIpc) is 3.31. The lowest BCUT2D eigenvalue weighted by Crippen LogP contribution is -2.33. The Morgan fingerprint density at radius 2 is 1.58 bits per heavy atom. The average molecular weight is 575 g/mol. The summed E-state index contributed by atoms with van der Waals surface area (Å²) < 4.78 is 19.0. The second-order valence-corrected chi connectivity index (χ2v) is 11.6. The number of nitrogens with one attached hydrogen (secondary N) is 1. The maximum Gasteiger partial charge on any atom is 0.340 e. The monoisotopic (exact) mass is 574 g/mol. The number of anilines is 3. The van der Waals surface area contributed by atoms with E-state index in [1.807, 2.05) is 66.7 Å². The van der Waals surface area contributed by atoms with Gasteiger partial charge in [-0.3, -0.25) is 4.79 Å². The van der Waals surface area contributed by atoms with E-state index >= 15 is 0 Å². The molecule has 2 aliphatic heterocycles. The van der Waals surface area contributed by atoms with E-state index in [-0.39, 0.29) is 11.8 Å². The van der Waals surface area contributed by atoms with E-state index < -0.39 is 5.60 Å². The molecule has 7 nitrogen and oxygen atoms in total. The molecular formula is C36H34N2O5. The molecule has 8 rings (SSSR count). The smallest absolute Gasteiger partial charge is 0.340 e. The van der Waals surface area contributed by atoms with Crippen LogP contribution in [-0.4, -0.2) is 31.4 Å². The molecule has 2 aliphatic carbocycles. The van der Waals surface area contributed by atoms with Gasteiger partial charge in [0.1, 0.15) is 17.2 Å². The van der Waals surface area contributed by atoms with Crippen molar-refractivity contribution in [2.24, 2.45) is 5.92 Å². The van der Waals surface area contributed by atoms with Crippen LogP contribution in [0.1, 0.15) is 77.1 Å². The minimum absolute atomic E-state index is 0.0146. The third kappa shape index (κ3) is 4.02. The summed E-state index contributed by atoms with van der Waals surface area (Å²) in [7, 11) is 0. The van der Waals surface area contributed by atoms with Crippen molar-refractivity contribution in [3.8, 4) is 17.2 Å². The van der Waals surface area contributed by atoms with Gasteiger partial charge in [0.25, 0.3) is 0 Å². The highest BCUT2D eigenvalue weighted by Crippen LogP contribution is 2.58. The molecule has 218 valence electrons. The first-order chi connectivity index (χ1) is 20.9. The summed E-state index contributed by atoms with van der Waals surface area (Å²) in [5.41, 5.74) is 5.19. The Bertz CT molecular complexity index is 1790. The lowest BCUT2D eigenvalue weighted by Gasteiger charge is -2.38. The van der Waals surface area contributed by atoms with Crippen LogP contribution in [0.3, 0.4) is 0 Å². The highest BCUT2D eigenvalue weighted by Gasteiger charge is 2.53. The fourth-order valence-electron chi connectivity index (χ4n) is 6.44. The van der Waals surface area contributed by atoms with Crippen LogP contribution >= 0.6 is 0 Å². The van der Waals surface area contributed by atoms with E-state index in [0.717, 1.165) is 47.6 Å². The normalized spacial score (nSPS) is 17.0. The Morgan fingerprint density at radius 3 is 2.33 bits per heavy atom. The predicted octanol–water partition coefficient (Wildman–Crippen LogP) is 7.81. The summed E-state index contributed by atoms with van der Waals surface area (Å²) in [5.74, 6) is 2.04. The number of hydrogen-bond acceptors (Lipinski definition) is 7. The molecule has 4 aromatic rings. The summed E-state index contributed by atoms with van der Waals surface area (Å²) in [6, 6.07) is 23.0. The summed E-state index contributed by atoms with van der Waals surface area (Å²) in [6.45, 7) is 10.6. The van der Waals surface area contributed by atoms with Crippen molar-refractivity contribution < 1.29 is 23.8 Å². The number of nitrogens with zero attached hydrogens (tertiary/aromatic N) is 1. The number of carbonyl (C=O) groups excluding carboxylic acids is 2. The zero-order valence-electron chi connectivity index (χ0n) is 24.8. The SMILES string of the molecule is CCN(CC)c1cc2c(cc1Nc1ccc3c(OCCC(C)C)c1C3=O)C1(OC(=O)c3ccccc31)c1ccccc1O2. The minimum atomic E-state index is -1.18. The number of hydrogen-bond donors (Lipinski definition) is 1. The van der Waals surface area contributed by atoms with Crippen LogP contribution in [-0.2, 0) is 10.3 Å². The number of rotatable bonds is 9. The molecule has 1 unspecified atom stereocenters. The molecule has 0 aromatic heterocycles. The molecule has 1 atom stereocenters. The molecule has 1 N–H and O–H groups in total. The predicted molar refractivity (Wildman–Crippen MR) is 166 cm³/mol. The van der Waals surface area contributed by atoms with Crippen molar-refractivity contribution in [1.29, 1.82) is 0 Å². The molecule has 0 saturated heterocycles. The number of ether oxygens (including phenoxy) is 3. The second-order valence-electron chi connectivity index (χ2n) is 11.6. The van der Waals surface area contributed by atoms with Crippen molar-refractivity contribution in [1.82, 2.24) is 0 Å². The maximum atomic E-state index is 13.3. The fourth-order valence-corrected chi connectivity index (χ4v) is 6.44. The summed E-state index contributed by atoms with van der Waals surface area (Å²) in [4.78, 5) is 28.6. The van der Waals surface area contributed by atoms with E-state index in [4.69, 9.17) is 14.2 Å². The summed E-state index contributed by atoms with van der Waals surface area (Å²) >= 11 is 0. The first-order valence-electron chi connectivity index (χ1n) is 15.0. The Morgan fingerprint density at radius 1 is 0.837 bits per heavy atom. The van der Waals surface area contributed by atoms with Crippen molar-refractivity contribution in [2.45, 2.75) is 39.7 Å². The highest BCUT2D eigenvalue weighted by atomic mass is 16.6. The van der Waals surface area contributed by atoms with Crippen LogP contribution in [0.5, 0.6) is 17.2 Å². The van der Waals surface area contributed by atoms with Crippen molar-refractivity contribution in [3.05, 3.63) is 106 Å². The molecule has 7 heteroatoms. The molecule has 4 aliphatic rings. The molecule has 0 saturated carbocycles. The third-order valence-electron chi connectivity index (χ3n) is 8.68. The molecule has 2 bridgehead atoms. The Labute approximate surface area is 251 Å². The van der Waals surface area contributed by atoms with E-state index in [0.29, 0.717) is 52.2 Å². The first-order valence-corrected chi connectivity index (χ1v) is 15.0. The minimum Gasteiger partial charge on any atom is -0.492 e. The number of fused-ring (bicyclic) bond motifs is 8. The van der Waals surface area contributed by atoms with Gasteiger partial charge in [0.05, 0.1) is 40.4 Å². The molecular weight excluding hydrogens is 540 g/mol. The number of ketones is 1. The van der Waals surface area contributed by atoms with Crippen LogP contribution in [0.2, 0.25) is 0 Å². The second kappa shape index (κ2) is 10.2. The number of esters is 1. The molecule has 0 fully saturated rings. The largest absolute Gasteiger partial charge is 0.492 e. The van der Waals surface area contributed by atoms with Gasteiger partial charge >= 0.3 is 5.97 Å². The molecule has 2 heterocycles. The first kappa shape index (κ1) is 27.1. The van der Waals surface area contributed by atoms with Crippen molar-refractivity contribution in [3.63, 3.8) is 0 Å². The van der Waals surface area contributed by atoms with Crippen LogP contribution in [0.15, 0.2) is 72.8 Å². The van der Waals surface area contributed by atoms with E-state index in [1.54, 1.807) is 6.07 Å². The van der Waals surface area contributed by atoms with E-state index in [2.05, 4.69) is 37.9 Å². The number of carbonyl (C=O) groups is 2.